The third kappa shape index (κ3) is 3.69. The van der Waals surface area contributed by atoms with E-state index in [9.17, 15) is 14.4 Å². The Morgan fingerprint density at radius 2 is 1.88 bits per heavy atom. The van der Waals surface area contributed by atoms with Crippen LogP contribution in [0.3, 0.4) is 0 Å². The van der Waals surface area contributed by atoms with Crippen LogP contribution in [0.2, 0.25) is 0 Å². The molecular weight excluding hydrogens is 326 g/mol. The Kier molecular flexibility index (Phi) is 4.79. The van der Waals surface area contributed by atoms with Gasteiger partial charge in [0.05, 0.1) is 10.9 Å². The second-order valence-electron chi connectivity index (χ2n) is 5.00. The lowest BCUT2D eigenvalue weighted by Crippen LogP contribution is -2.27. The molecule has 0 saturated heterocycles. The average Bonchev–Trinajstić information content (AvgIpc) is 2.66. The van der Waals surface area contributed by atoms with Crippen molar-refractivity contribution in [3.63, 3.8) is 0 Å². The number of hydrogen-bond acceptors (Lipinski definition) is 7. The summed E-state index contributed by atoms with van der Waals surface area (Å²) in [6.07, 6.45) is 0.630. The zero-order valence-electron chi connectivity index (χ0n) is 13.0. The third-order valence-electron chi connectivity index (χ3n) is 3.37. The van der Waals surface area contributed by atoms with Crippen molar-refractivity contribution in [3.05, 3.63) is 64.4 Å². The minimum absolute atomic E-state index is 0.275. The van der Waals surface area contributed by atoms with Crippen LogP contribution in [-0.2, 0) is 16.3 Å². The Bertz CT molecular complexity index is 983. The van der Waals surface area contributed by atoms with Gasteiger partial charge in [-0.2, -0.15) is 4.68 Å². The van der Waals surface area contributed by atoms with Gasteiger partial charge in [-0.05, 0) is 24.3 Å². The maximum absolute atomic E-state index is 12.2. The molecule has 25 heavy (non-hydrogen) atoms. The summed E-state index contributed by atoms with van der Waals surface area (Å²) in [6.45, 7) is -0.783. The molecule has 0 bridgehead atoms. The average molecular weight is 339 g/mol. The number of rotatable bonds is 6. The molecule has 0 fully saturated rings. The summed E-state index contributed by atoms with van der Waals surface area (Å²) >= 11 is 0. The van der Waals surface area contributed by atoms with Crippen LogP contribution in [0.1, 0.15) is 10.4 Å². The van der Waals surface area contributed by atoms with Crippen LogP contribution in [0.15, 0.2) is 53.3 Å². The van der Waals surface area contributed by atoms with Crippen molar-refractivity contribution in [2.45, 2.75) is 6.73 Å². The maximum Gasteiger partial charge on any atom is 0.345 e. The Labute approximate surface area is 141 Å². The van der Waals surface area contributed by atoms with Crippen LogP contribution in [0.4, 0.5) is 0 Å². The zero-order valence-corrected chi connectivity index (χ0v) is 13.0. The van der Waals surface area contributed by atoms with Crippen LogP contribution >= 0.6 is 0 Å². The summed E-state index contributed by atoms with van der Waals surface area (Å²) < 4.78 is 11.2. The Hall–Kier alpha value is -3.55. The van der Waals surface area contributed by atoms with Gasteiger partial charge in [0.15, 0.2) is 19.6 Å². The first-order chi connectivity index (χ1) is 12.2. The number of carbonyl (C=O) groups excluding carboxylic acids is 2. The predicted molar refractivity (Wildman–Crippen MR) is 87.2 cm³/mol. The number of hydrogen-bond donors (Lipinski definition) is 0. The molecule has 0 atom stereocenters. The molecule has 0 aliphatic heterocycles. The van der Waals surface area contributed by atoms with Gasteiger partial charge in [-0.3, -0.25) is 9.59 Å². The number of nitrogens with zero attached hydrogens (tertiary/aromatic N) is 3. The van der Waals surface area contributed by atoms with Crippen molar-refractivity contribution in [1.82, 2.24) is 15.0 Å². The normalized spacial score (nSPS) is 10.4. The number of fused-ring (bicyclic) bond motifs is 1. The first kappa shape index (κ1) is 16.3. The molecule has 3 rings (SSSR count). The molecule has 3 aromatic rings. The van der Waals surface area contributed by atoms with E-state index >= 15 is 0 Å². The number of carbonyl (C=O) groups is 2. The van der Waals surface area contributed by atoms with Gasteiger partial charge in [0.2, 0.25) is 0 Å². The fourth-order valence-corrected chi connectivity index (χ4v) is 2.13. The largest absolute Gasteiger partial charge is 0.481 e. The number of esters is 1. The summed E-state index contributed by atoms with van der Waals surface area (Å²) in [5.41, 5.74) is 0.376. The molecule has 8 heteroatoms. The van der Waals surface area contributed by atoms with Gasteiger partial charge in [-0.15, -0.1) is 5.10 Å². The SMILES string of the molecule is O=Cc1ccccc1OCC(=O)OCn1nnc2ccccc2c1=O. The van der Waals surface area contributed by atoms with E-state index in [0.29, 0.717) is 22.8 Å². The lowest BCUT2D eigenvalue weighted by molar-refractivity contribution is -0.150. The maximum atomic E-state index is 12.2. The quantitative estimate of drug-likeness (QED) is 0.491. The minimum atomic E-state index is -0.706. The molecular formula is C17H13N3O5. The van der Waals surface area contributed by atoms with Crippen LogP contribution in [-0.4, -0.2) is 33.9 Å². The van der Waals surface area contributed by atoms with E-state index < -0.39 is 18.1 Å². The lowest BCUT2D eigenvalue weighted by atomic mass is 10.2. The minimum Gasteiger partial charge on any atom is -0.481 e. The number of ether oxygens (including phenoxy) is 2. The molecule has 8 nitrogen and oxygen atoms in total. The third-order valence-corrected chi connectivity index (χ3v) is 3.37. The fraction of sp³-hybridized carbons (Fsp3) is 0.118. The van der Waals surface area contributed by atoms with Crippen molar-refractivity contribution in [2.24, 2.45) is 0 Å². The first-order valence-electron chi connectivity index (χ1n) is 7.34. The van der Waals surface area contributed by atoms with E-state index in [1.54, 1.807) is 48.5 Å². The topological polar surface area (TPSA) is 100 Å². The molecule has 1 heterocycles. The van der Waals surface area contributed by atoms with Crippen LogP contribution in [0.5, 0.6) is 5.75 Å². The predicted octanol–water partition coefficient (Wildman–Crippen LogP) is 1.18. The number of para-hydroxylation sites is 1. The van der Waals surface area contributed by atoms with E-state index in [1.165, 1.54) is 0 Å². The summed E-state index contributed by atoms with van der Waals surface area (Å²) in [6, 6.07) is 13.2. The molecule has 0 spiro atoms. The van der Waals surface area contributed by atoms with Gasteiger partial charge >= 0.3 is 5.97 Å². The molecule has 0 unspecified atom stereocenters. The highest BCUT2D eigenvalue weighted by molar-refractivity contribution is 5.79. The molecule has 0 saturated carbocycles. The second-order valence-corrected chi connectivity index (χ2v) is 5.00. The molecule has 1 aromatic heterocycles. The number of benzene rings is 2. The fourth-order valence-electron chi connectivity index (χ4n) is 2.13. The van der Waals surface area contributed by atoms with Gasteiger partial charge in [-0.25, -0.2) is 4.79 Å². The van der Waals surface area contributed by atoms with Gasteiger partial charge in [0.25, 0.3) is 5.56 Å². The molecule has 2 aromatic carbocycles. The highest BCUT2D eigenvalue weighted by atomic mass is 16.6. The zero-order chi connectivity index (χ0) is 17.6. The molecule has 126 valence electrons. The first-order valence-corrected chi connectivity index (χ1v) is 7.34. The molecule has 0 amide bonds. The van der Waals surface area contributed by atoms with Gasteiger partial charge < -0.3 is 9.47 Å². The number of aromatic nitrogens is 3. The van der Waals surface area contributed by atoms with E-state index in [2.05, 4.69) is 10.3 Å². The van der Waals surface area contributed by atoms with Gasteiger partial charge in [-0.1, -0.05) is 29.5 Å². The van der Waals surface area contributed by atoms with Crippen molar-refractivity contribution < 1.29 is 19.1 Å². The van der Waals surface area contributed by atoms with Crippen molar-refractivity contribution in [3.8, 4) is 5.75 Å². The van der Waals surface area contributed by atoms with Gasteiger partial charge in [0, 0.05) is 0 Å². The Balaban J connectivity index is 1.62. The van der Waals surface area contributed by atoms with Crippen molar-refractivity contribution in [1.29, 1.82) is 0 Å². The molecule has 0 N–H and O–H groups in total. The second kappa shape index (κ2) is 7.35. The summed E-state index contributed by atoms with van der Waals surface area (Å²) in [4.78, 5) is 34.8. The number of aldehydes is 1. The molecule has 0 aliphatic carbocycles. The molecule has 0 radical (unpaired) electrons. The monoisotopic (exact) mass is 339 g/mol. The highest BCUT2D eigenvalue weighted by Gasteiger charge is 2.10. The van der Waals surface area contributed by atoms with Crippen LogP contribution in [0.25, 0.3) is 10.9 Å². The van der Waals surface area contributed by atoms with Crippen LogP contribution < -0.4 is 10.3 Å². The standard InChI is InChI=1S/C17H13N3O5/c21-9-12-5-1-4-8-15(12)24-10-16(22)25-11-20-17(23)13-6-2-3-7-14(13)18-19-20/h1-9H,10-11H2. The smallest absolute Gasteiger partial charge is 0.345 e. The Morgan fingerprint density at radius 3 is 2.72 bits per heavy atom. The van der Waals surface area contributed by atoms with Crippen molar-refractivity contribution >= 4 is 23.2 Å². The lowest BCUT2D eigenvalue weighted by Gasteiger charge is -2.09. The highest BCUT2D eigenvalue weighted by Crippen LogP contribution is 2.15. The summed E-state index contributed by atoms with van der Waals surface area (Å²) in [7, 11) is 0. The van der Waals surface area contributed by atoms with E-state index in [4.69, 9.17) is 9.47 Å². The molecule has 0 aliphatic rings. The van der Waals surface area contributed by atoms with E-state index in [1.807, 2.05) is 0 Å². The Morgan fingerprint density at radius 1 is 1.12 bits per heavy atom. The van der Waals surface area contributed by atoms with Crippen molar-refractivity contribution in [2.75, 3.05) is 6.61 Å². The summed E-state index contributed by atoms with van der Waals surface area (Å²) in [5.74, 6) is -0.431. The van der Waals surface area contributed by atoms with E-state index in [0.717, 1.165) is 4.68 Å². The summed E-state index contributed by atoms with van der Waals surface area (Å²) in [5, 5.41) is 7.98. The van der Waals surface area contributed by atoms with Crippen LogP contribution in [0, 0.1) is 0 Å². The van der Waals surface area contributed by atoms with Gasteiger partial charge in [0.1, 0.15) is 11.3 Å². The van der Waals surface area contributed by atoms with E-state index in [-0.39, 0.29) is 12.5 Å².